The minimum atomic E-state index is 1.19. The highest BCUT2D eigenvalue weighted by atomic mass is 32.2. The molecule has 0 atom stereocenters. The van der Waals surface area contributed by atoms with E-state index in [1.165, 1.54) is 19.9 Å². The topological polar surface area (TPSA) is 0 Å². The third kappa shape index (κ3) is 2.17. The van der Waals surface area contributed by atoms with Gasteiger partial charge in [0.2, 0.25) is 0 Å². The van der Waals surface area contributed by atoms with Crippen molar-refractivity contribution in [2.45, 2.75) is 4.21 Å². The first kappa shape index (κ1) is 10.9. The molecule has 0 amide bonds. The number of rotatable bonds is 1. The Hall–Kier alpha value is -0.560. The molecule has 3 heteroatoms. The molecule has 0 spiro atoms. The van der Waals surface area contributed by atoms with Gasteiger partial charge in [0, 0.05) is 10.1 Å². The average Bonchev–Trinajstić information content (AvgIpc) is 2.64. The Bertz CT molecular complexity index is 529. The van der Waals surface area contributed by atoms with Crippen molar-refractivity contribution >= 4 is 44.9 Å². The second-order valence-electron chi connectivity index (χ2n) is 2.90. The van der Waals surface area contributed by atoms with Crippen LogP contribution < -0.4 is 0 Å². The van der Waals surface area contributed by atoms with E-state index in [0.717, 1.165) is 0 Å². The van der Waals surface area contributed by atoms with E-state index >= 15 is 0 Å². The average molecular weight is 250 g/mol. The summed E-state index contributed by atoms with van der Waals surface area (Å²) in [6.45, 7) is 0. The number of fused-ring (bicyclic) bond motifs is 1. The standard InChI is InChI=1S/C12H10S3/c1-13-8-7-10-9-5-3-4-6-11(9)15-12(10)14-2/h3-6H,1-2H3. The lowest BCUT2D eigenvalue weighted by atomic mass is 10.2. The monoisotopic (exact) mass is 250 g/mol. The van der Waals surface area contributed by atoms with Gasteiger partial charge in [-0.2, -0.15) is 0 Å². The second-order valence-corrected chi connectivity index (χ2v) is 5.64. The lowest BCUT2D eigenvalue weighted by molar-refractivity contribution is 1.67. The molecule has 0 saturated carbocycles. The van der Waals surface area contributed by atoms with Gasteiger partial charge in [-0.05, 0) is 23.8 Å². The van der Waals surface area contributed by atoms with Crippen molar-refractivity contribution in [2.24, 2.45) is 0 Å². The van der Waals surface area contributed by atoms with E-state index in [-0.39, 0.29) is 0 Å². The van der Waals surface area contributed by atoms with Crippen LogP contribution in [0.2, 0.25) is 0 Å². The van der Waals surface area contributed by atoms with Crippen LogP contribution in [0.5, 0.6) is 0 Å². The summed E-state index contributed by atoms with van der Waals surface area (Å²) in [5.41, 5.74) is 1.19. The van der Waals surface area contributed by atoms with Crippen molar-refractivity contribution in [3.05, 3.63) is 29.8 Å². The van der Waals surface area contributed by atoms with Crippen LogP contribution in [-0.2, 0) is 0 Å². The van der Waals surface area contributed by atoms with Gasteiger partial charge in [0.05, 0.1) is 9.77 Å². The molecule has 0 unspecified atom stereocenters. The normalized spacial score (nSPS) is 10.0. The van der Waals surface area contributed by atoms with Gasteiger partial charge in [-0.15, -0.1) is 23.1 Å². The van der Waals surface area contributed by atoms with E-state index in [1.54, 1.807) is 23.5 Å². The second kappa shape index (κ2) is 4.98. The van der Waals surface area contributed by atoms with Crippen LogP contribution in [0.25, 0.3) is 10.1 Å². The molecule has 0 nitrogen and oxygen atoms in total. The molecule has 2 rings (SSSR count). The summed E-state index contributed by atoms with van der Waals surface area (Å²) < 4.78 is 2.64. The quantitative estimate of drug-likeness (QED) is 0.547. The Labute approximate surface area is 102 Å². The van der Waals surface area contributed by atoms with Gasteiger partial charge < -0.3 is 0 Å². The summed E-state index contributed by atoms with van der Waals surface area (Å²) in [5.74, 6) is 3.24. The highest BCUT2D eigenvalue weighted by Gasteiger charge is 2.08. The lowest BCUT2D eigenvalue weighted by Gasteiger charge is -1.91. The summed E-state index contributed by atoms with van der Waals surface area (Å²) in [5, 5.41) is 4.36. The fourth-order valence-corrected chi connectivity index (χ4v) is 3.45. The molecule has 0 fully saturated rings. The van der Waals surface area contributed by atoms with Crippen molar-refractivity contribution in [1.82, 2.24) is 0 Å². The van der Waals surface area contributed by atoms with Crippen LogP contribution in [0.3, 0.4) is 0 Å². The molecule has 0 aliphatic carbocycles. The maximum atomic E-state index is 3.24. The van der Waals surface area contributed by atoms with Gasteiger partial charge in [0.1, 0.15) is 0 Å². The molecule has 76 valence electrons. The molecule has 0 aliphatic heterocycles. The van der Waals surface area contributed by atoms with E-state index in [1.807, 2.05) is 17.6 Å². The van der Waals surface area contributed by atoms with Crippen molar-refractivity contribution in [1.29, 1.82) is 0 Å². The van der Waals surface area contributed by atoms with Crippen molar-refractivity contribution in [3.63, 3.8) is 0 Å². The molecule has 1 aromatic carbocycles. The van der Waals surface area contributed by atoms with Crippen molar-refractivity contribution in [3.8, 4) is 11.2 Å². The zero-order valence-corrected chi connectivity index (χ0v) is 11.0. The Morgan fingerprint density at radius 1 is 1.20 bits per heavy atom. The minimum absolute atomic E-state index is 1.19. The molecule has 1 aromatic heterocycles. The van der Waals surface area contributed by atoms with E-state index in [2.05, 4.69) is 41.7 Å². The Morgan fingerprint density at radius 3 is 2.73 bits per heavy atom. The van der Waals surface area contributed by atoms with Crippen LogP contribution in [-0.4, -0.2) is 12.5 Å². The number of hydrogen-bond acceptors (Lipinski definition) is 3. The predicted molar refractivity (Wildman–Crippen MR) is 74.0 cm³/mol. The molecule has 0 saturated heterocycles. The van der Waals surface area contributed by atoms with E-state index in [9.17, 15) is 0 Å². The van der Waals surface area contributed by atoms with Gasteiger partial charge in [-0.25, -0.2) is 0 Å². The van der Waals surface area contributed by atoms with Crippen molar-refractivity contribution < 1.29 is 0 Å². The highest BCUT2D eigenvalue weighted by molar-refractivity contribution is 8.03. The zero-order valence-electron chi connectivity index (χ0n) is 8.53. The fraction of sp³-hybridized carbons (Fsp3) is 0.167. The van der Waals surface area contributed by atoms with Gasteiger partial charge in [0.25, 0.3) is 0 Å². The fourth-order valence-electron chi connectivity index (χ4n) is 1.39. The van der Waals surface area contributed by atoms with E-state index in [0.29, 0.717) is 0 Å². The first-order chi connectivity index (χ1) is 7.36. The molecule has 0 radical (unpaired) electrons. The van der Waals surface area contributed by atoms with Gasteiger partial charge in [0.15, 0.2) is 0 Å². The summed E-state index contributed by atoms with van der Waals surface area (Å²) in [4.78, 5) is 0. The van der Waals surface area contributed by atoms with Crippen LogP contribution >= 0.6 is 34.9 Å². The highest BCUT2D eigenvalue weighted by Crippen LogP contribution is 2.36. The summed E-state index contributed by atoms with van der Waals surface area (Å²) in [6, 6.07) is 8.46. The molecule has 2 aromatic rings. The van der Waals surface area contributed by atoms with E-state index < -0.39 is 0 Å². The smallest absolute Gasteiger partial charge is 0.0765 e. The van der Waals surface area contributed by atoms with Gasteiger partial charge >= 0.3 is 0 Å². The largest absolute Gasteiger partial charge is 0.127 e. The van der Waals surface area contributed by atoms with Crippen LogP contribution in [0.4, 0.5) is 0 Å². The molecular weight excluding hydrogens is 240 g/mol. The van der Waals surface area contributed by atoms with Crippen LogP contribution in [0.15, 0.2) is 28.5 Å². The number of hydrogen-bond donors (Lipinski definition) is 0. The number of thioether (sulfide) groups is 2. The molecule has 0 bridgehead atoms. The first-order valence-electron chi connectivity index (χ1n) is 4.46. The van der Waals surface area contributed by atoms with Gasteiger partial charge in [-0.3, -0.25) is 0 Å². The molecule has 1 heterocycles. The third-order valence-electron chi connectivity index (χ3n) is 2.03. The SMILES string of the molecule is CSC#Cc1c(SC)sc2ccccc12. The van der Waals surface area contributed by atoms with Crippen LogP contribution in [0, 0.1) is 11.2 Å². The number of benzene rings is 1. The minimum Gasteiger partial charge on any atom is -0.127 e. The third-order valence-corrected chi connectivity index (χ3v) is 4.62. The Kier molecular flexibility index (Phi) is 3.63. The zero-order chi connectivity index (χ0) is 10.7. The maximum absolute atomic E-state index is 3.24. The van der Waals surface area contributed by atoms with Crippen LogP contribution in [0.1, 0.15) is 5.56 Å². The van der Waals surface area contributed by atoms with E-state index in [4.69, 9.17) is 0 Å². The number of thiophene rings is 1. The molecule has 0 aliphatic rings. The summed E-state index contributed by atoms with van der Waals surface area (Å²) in [6.07, 6.45) is 4.11. The first-order valence-corrected chi connectivity index (χ1v) is 7.73. The summed E-state index contributed by atoms with van der Waals surface area (Å²) >= 11 is 5.17. The Morgan fingerprint density at radius 2 is 2.00 bits per heavy atom. The Balaban J connectivity index is 2.67. The molecular formula is C12H10S3. The van der Waals surface area contributed by atoms with Crippen molar-refractivity contribution in [2.75, 3.05) is 12.5 Å². The maximum Gasteiger partial charge on any atom is 0.0765 e. The summed E-state index contributed by atoms with van der Waals surface area (Å²) in [7, 11) is 0. The predicted octanol–water partition coefficient (Wildman–Crippen LogP) is 4.30. The molecule has 15 heavy (non-hydrogen) atoms. The van der Waals surface area contributed by atoms with Gasteiger partial charge in [-0.1, -0.05) is 35.9 Å². The molecule has 0 N–H and O–H groups in total. The lowest BCUT2D eigenvalue weighted by Crippen LogP contribution is -1.72.